The first-order chi connectivity index (χ1) is 10.3. The molecule has 2 aromatic rings. The second-order valence-corrected chi connectivity index (χ2v) is 6.83. The predicted octanol–water partition coefficient (Wildman–Crippen LogP) is 1.67. The first-order valence-corrected chi connectivity index (χ1v) is 8.19. The number of fused-ring (bicyclic) bond motifs is 1. The minimum atomic E-state index is 0.224. The number of hydrogen-bond donors (Lipinski definition) is 0. The van der Waals surface area contributed by atoms with Gasteiger partial charge in [0.25, 0.3) is 0 Å². The molecule has 2 aliphatic heterocycles. The molecule has 4 heterocycles. The number of aromatic nitrogens is 3. The van der Waals surface area contributed by atoms with Gasteiger partial charge in [-0.2, -0.15) is 4.98 Å². The molecule has 0 saturated carbocycles. The molecule has 0 N–H and O–H groups in total. The van der Waals surface area contributed by atoms with Gasteiger partial charge in [0.15, 0.2) is 5.82 Å². The molecular formula is C14H18N4O2S. The van der Waals surface area contributed by atoms with Crippen molar-refractivity contribution in [3.05, 3.63) is 28.3 Å². The topological polar surface area (TPSA) is 64.3 Å². The quantitative estimate of drug-likeness (QED) is 0.856. The molecule has 0 spiro atoms. The van der Waals surface area contributed by atoms with Gasteiger partial charge in [-0.1, -0.05) is 5.16 Å². The van der Waals surface area contributed by atoms with Crippen molar-refractivity contribution in [2.45, 2.75) is 38.5 Å². The van der Waals surface area contributed by atoms with Crippen molar-refractivity contribution >= 4 is 11.3 Å². The van der Waals surface area contributed by atoms with E-state index in [2.05, 4.69) is 20.0 Å². The summed E-state index contributed by atoms with van der Waals surface area (Å²) in [7, 11) is 0. The minimum absolute atomic E-state index is 0.224. The maximum absolute atomic E-state index is 6.16. The molecule has 2 aliphatic rings. The van der Waals surface area contributed by atoms with Gasteiger partial charge in [0.05, 0.1) is 25.2 Å². The number of likely N-dealkylation sites (tertiary alicyclic amines) is 1. The molecule has 0 amide bonds. The van der Waals surface area contributed by atoms with Gasteiger partial charge in [0.1, 0.15) is 5.01 Å². The van der Waals surface area contributed by atoms with Crippen molar-refractivity contribution < 1.29 is 9.26 Å². The first-order valence-electron chi connectivity index (χ1n) is 7.31. The van der Waals surface area contributed by atoms with Crippen molar-refractivity contribution in [1.29, 1.82) is 0 Å². The Hall–Kier alpha value is -1.31. The molecule has 7 heteroatoms. The normalized spacial score (nSPS) is 29.1. The lowest BCUT2D eigenvalue weighted by Crippen LogP contribution is -2.25. The van der Waals surface area contributed by atoms with Crippen LogP contribution in [-0.2, 0) is 17.7 Å². The molecule has 2 fully saturated rings. The molecule has 0 bridgehead atoms. The predicted molar refractivity (Wildman–Crippen MR) is 76.9 cm³/mol. The summed E-state index contributed by atoms with van der Waals surface area (Å²) in [5.74, 6) is 2.01. The third-order valence-electron chi connectivity index (χ3n) is 4.20. The van der Waals surface area contributed by atoms with E-state index < -0.39 is 0 Å². The maximum Gasteiger partial charge on any atom is 0.229 e. The van der Waals surface area contributed by atoms with Crippen molar-refractivity contribution in [1.82, 2.24) is 20.0 Å². The number of hydrogen-bond acceptors (Lipinski definition) is 7. The molecule has 21 heavy (non-hydrogen) atoms. The lowest BCUT2D eigenvalue weighted by Gasteiger charge is -2.17. The Morgan fingerprint density at radius 3 is 3.10 bits per heavy atom. The number of ether oxygens (including phenoxy) is 1. The molecule has 0 radical (unpaired) electrons. The standard InChI is InChI=1S/C14H18N4O2S/c1-9-16-13(20-17-9)5-11-4-10-6-18(7-12(10)19-11)8-14-15-2-3-21-14/h2-3,10-12H,4-8H2,1H3/t10-,11+,12+/m0/s1. The number of aryl methyl sites for hydroxylation is 1. The minimum Gasteiger partial charge on any atom is -0.373 e. The number of rotatable bonds is 4. The van der Waals surface area contributed by atoms with Crippen LogP contribution in [0.5, 0.6) is 0 Å². The number of thiazole rings is 1. The Morgan fingerprint density at radius 2 is 2.38 bits per heavy atom. The molecule has 112 valence electrons. The van der Waals surface area contributed by atoms with E-state index in [1.54, 1.807) is 11.3 Å². The molecule has 0 aliphatic carbocycles. The fourth-order valence-corrected chi connectivity index (χ4v) is 4.01. The summed E-state index contributed by atoms with van der Waals surface area (Å²) in [4.78, 5) is 11.1. The van der Waals surface area contributed by atoms with Gasteiger partial charge in [-0.15, -0.1) is 11.3 Å². The molecule has 0 aromatic carbocycles. The highest BCUT2D eigenvalue weighted by Gasteiger charge is 2.42. The van der Waals surface area contributed by atoms with E-state index in [9.17, 15) is 0 Å². The lowest BCUT2D eigenvalue weighted by molar-refractivity contribution is 0.0343. The van der Waals surface area contributed by atoms with Crippen LogP contribution in [-0.4, -0.2) is 45.3 Å². The summed E-state index contributed by atoms with van der Waals surface area (Å²) in [5.41, 5.74) is 0. The van der Waals surface area contributed by atoms with Gasteiger partial charge in [0, 0.05) is 30.6 Å². The van der Waals surface area contributed by atoms with Gasteiger partial charge in [-0.25, -0.2) is 4.98 Å². The van der Waals surface area contributed by atoms with Crippen LogP contribution in [0.3, 0.4) is 0 Å². The van der Waals surface area contributed by atoms with Crippen LogP contribution in [0.1, 0.15) is 23.1 Å². The molecule has 2 saturated heterocycles. The number of nitrogens with zero attached hydrogens (tertiary/aromatic N) is 4. The van der Waals surface area contributed by atoms with Gasteiger partial charge in [-0.05, 0) is 13.3 Å². The van der Waals surface area contributed by atoms with Crippen LogP contribution < -0.4 is 0 Å². The zero-order valence-electron chi connectivity index (χ0n) is 11.9. The largest absolute Gasteiger partial charge is 0.373 e. The summed E-state index contributed by atoms with van der Waals surface area (Å²) in [6.07, 6.45) is 4.26. The third-order valence-corrected chi connectivity index (χ3v) is 4.97. The zero-order chi connectivity index (χ0) is 14.2. The summed E-state index contributed by atoms with van der Waals surface area (Å²) in [5, 5.41) is 7.05. The van der Waals surface area contributed by atoms with Gasteiger partial charge in [0.2, 0.25) is 5.89 Å². The van der Waals surface area contributed by atoms with E-state index in [0.29, 0.717) is 23.7 Å². The van der Waals surface area contributed by atoms with Crippen LogP contribution in [0.2, 0.25) is 0 Å². The fourth-order valence-electron chi connectivity index (χ4n) is 3.35. The summed E-state index contributed by atoms with van der Waals surface area (Å²) in [6, 6.07) is 0. The highest BCUT2D eigenvalue weighted by Crippen LogP contribution is 2.34. The van der Waals surface area contributed by atoms with E-state index in [1.807, 2.05) is 18.5 Å². The summed E-state index contributed by atoms with van der Waals surface area (Å²) >= 11 is 1.72. The lowest BCUT2D eigenvalue weighted by atomic mass is 10.0. The highest BCUT2D eigenvalue weighted by molar-refractivity contribution is 7.09. The Bertz CT molecular complexity index is 586. The van der Waals surface area contributed by atoms with Crippen LogP contribution in [0.15, 0.2) is 16.1 Å². The monoisotopic (exact) mass is 306 g/mol. The van der Waals surface area contributed by atoms with Crippen LogP contribution in [0.4, 0.5) is 0 Å². The van der Waals surface area contributed by atoms with Gasteiger partial charge >= 0.3 is 0 Å². The molecule has 4 rings (SSSR count). The van der Waals surface area contributed by atoms with Crippen molar-refractivity contribution in [3.8, 4) is 0 Å². The first kappa shape index (κ1) is 13.4. The van der Waals surface area contributed by atoms with E-state index in [1.165, 1.54) is 5.01 Å². The highest BCUT2D eigenvalue weighted by atomic mass is 32.1. The van der Waals surface area contributed by atoms with E-state index >= 15 is 0 Å². The summed E-state index contributed by atoms with van der Waals surface area (Å²) < 4.78 is 11.3. The van der Waals surface area contributed by atoms with Crippen LogP contribution in [0, 0.1) is 12.8 Å². The molecule has 0 unspecified atom stereocenters. The van der Waals surface area contributed by atoms with Crippen molar-refractivity contribution in [3.63, 3.8) is 0 Å². The van der Waals surface area contributed by atoms with Crippen LogP contribution >= 0.6 is 11.3 Å². The van der Waals surface area contributed by atoms with Crippen molar-refractivity contribution in [2.75, 3.05) is 13.1 Å². The molecule has 2 aromatic heterocycles. The Balaban J connectivity index is 1.31. The Kier molecular flexibility index (Phi) is 3.48. The smallest absolute Gasteiger partial charge is 0.229 e. The molecule has 6 nitrogen and oxygen atoms in total. The van der Waals surface area contributed by atoms with E-state index in [-0.39, 0.29) is 6.10 Å². The fraction of sp³-hybridized carbons (Fsp3) is 0.643. The van der Waals surface area contributed by atoms with E-state index in [4.69, 9.17) is 9.26 Å². The summed E-state index contributed by atoms with van der Waals surface area (Å²) in [6.45, 7) is 4.89. The molecule has 3 atom stereocenters. The van der Waals surface area contributed by atoms with Gasteiger partial charge in [-0.3, -0.25) is 4.90 Å². The zero-order valence-corrected chi connectivity index (χ0v) is 12.8. The van der Waals surface area contributed by atoms with E-state index in [0.717, 1.165) is 32.5 Å². The Labute approximate surface area is 127 Å². The molecular weight excluding hydrogens is 288 g/mol. The van der Waals surface area contributed by atoms with Crippen LogP contribution in [0.25, 0.3) is 0 Å². The second kappa shape index (κ2) is 5.47. The Morgan fingerprint density at radius 1 is 1.43 bits per heavy atom. The second-order valence-electron chi connectivity index (χ2n) is 5.85. The third kappa shape index (κ3) is 2.86. The SMILES string of the molecule is Cc1noc(C[C@H]2C[C@H]3CN(Cc4nccs4)C[C@H]3O2)n1. The van der Waals surface area contributed by atoms with Gasteiger partial charge < -0.3 is 9.26 Å². The average Bonchev–Trinajstić information content (AvgIpc) is 3.16. The maximum atomic E-state index is 6.16. The average molecular weight is 306 g/mol. The van der Waals surface area contributed by atoms with Crippen molar-refractivity contribution in [2.24, 2.45) is 5.92 Å².